The molecule has 1 fully saturated rings. The second-order valence-electron chi connectivity index (χ2n) is 3.94. The van der Waals surface area contributed by atoms with E-state index in [1.807, 2.05) is 0 Å². The summed E-state index contributed by atoms with van der Waals surface area (Å²) in [5.41, 5.74) is 5.53. The monoisotopic (exact) mass is 216 g/mol. The topological polar surface area (TPSA) is 75.8 Å². The van der Waals surface area contributed by atoms with Crippen LogP contribution < -0.4 is 5.73 Å². The number of morpholine rings is 1. The average molecular weight is 216 g/mol. The largest absolute Gasteiger partial charge is 0.481 e. The van der Waals surface area contributed by atoms with E-state index in [9.17, 15) is 4.79 Å². The fourth-order valence-corrected chi connectivity index (χ4v) is 1.74. The number of nitrogens with zero attached hydrogens (tertiary/aromatic N) is 1. The minimum absolute atomic E-state index is 0.102. The Balaban J connectivity index is 2.17. The van der Waals surface area contributed by atoms with Crippen molar-refractivity contribution < 1.29 is 14.6 Å². The molecule has 1 saturated heterocycles. The summed E-state index contributed by atoms with van der Waals surface area (Å²) in [4.78, 5) is 12.8. The van der Waals surface area contributed by atoms with Gasteiger partial charge < -0.3 is 15.6 Å². The number of nitrogens with two attached hydrogens (primary N) is 1. The van der Waals surface area contributed by atoms with Gasteiger partial charge in [0.2, 0.25) is 0 Å². The first-order chi connectivity index (χ1) is 7.22. The lowest BCUT2D eigenvalue weighted by molar-refractivity contribution is -0.138. The first-order valence-corrected chi connectivity index (χ1v) is 5.44. The molecule has 0 spiro atoms. The van der Waals surface area contributed by atoms with E-state index in [2.05, 4.69) is 4.90 Å². The molecule has 0 aliphatic carbocycles. The van der Waals surface area contributed by atoms with Gasteiger partial charge in [0.05, 0.1) is 13.2 Å². The molecule has 0 saturated carbocycles. The second kappa shape index (κ2) is 6.76. The van der Waals surface area contributed by atoms with Crippen LogP contribution in [-0.2, 0) is 9.53 Å². The smallest absolute Gasteiger partial charge is 0.303 e. The molecule has 5 nitrogen and oxygen atoms in total. The fraction of sp³-hybridized carbons (Fsp3) is 0.900. The van der Waals surface area contributed by atoms with Gasteiger partial charge in [-0.05, 0) is 25.4 Å². The Labute approximate surface area is 90.2 Å². The lowest BCUT2D eigenvalue weighted by Gasteiger charge is -2.27. The molecule has 0 bridgehead atoms. The van der Waals surface area contributed by atoms with E-state index in [0.29, 0.717) is 6.54 Å². The van der Waals surface area contributed by atoms with E-state index >= 15 is 0 Å². The highest BCUT2D eigenvalue weighted by molar-refractivity contribution is 5.67. The highest BCUT2D eigenvalue weighted by Gasteiger charge is 2.15. The Morgan fingerprint density at radius 3 is 2.67 bits per heavy atom. The fourth-order valence-electron chi connectivity index (χ4n) is 1.74. The number of carboxylic acid groups (broad SMARTS) is 1. The maximum atomic E-state index is 10.5. The van der Waals surface area contributed by atoms with Crippen LogP contribution in [0.15, 0.2) is 0 Å². The van der Waals surface area contributed by atoms with E-state index in [1.54, 1.807) is 0 Å². The van der Waals surface area contributed by atoms with Crippen LogP contribution in [0.5, 0.6) is 0 Å². The first kappa shape index (κ1) is 12.4. The number of hydrogen-bond acceptors (Lipinski definition) is 4. The zero-order valence-corrected chi connectivity index (χ0v) is 9.02. The van der Waals surface area contributed by atoms with Crippen molar-refractivity contribution in [1.29, 1.82) is 0 Å². The Morgan fingerprint density at radius 2 is 2.13 bits per heavy atom. The van der Waals surface area contributed by atoms with Crippen LogP contribution in [0.3, 0.4) is 0 Å². The van der Waals surface area contributed by atoms with E-state index in [-0.39, 0.29) is 12.3 Å². The van der Waals surface area contributed by atoms with Gasteiger partial charge in [-0.3, -0.25) is 9.69 Å². The Morgan fingerprint density at radius 1 is 1.47 bits per heavy atom. The molecule has 88 valence electrons. The molecule has 0 aromatic heterocycles. The van der Waals surface area contributed by atoms with Gasteiger partial charge in [0, 0.05) is 19.5 Å². The van der Waals surface area contributed by atoms with Gasteiger partial charge >= 0.3 is 5.97 Å². The summed E-state index contributed by atoms with van der Waals surface area (Å²) in [6.07, 6.45) is 1.05. The molecular weight excluding hydrogens is 196 g/mol. The van der Waals surface area contributed by atoms with Crippen molar-refractivity contribution in [2.75, 3.05) is 39.4 Å². The van der Waals surface area contributed by atoms with Crippen LogP contribution in [0.2, 0.25) is 0 Å². The van der Waals surface area contributed by atoms with Gasteiger partial charge in [-0.2, -0.15) is 0 Å². The molecule has 0 radical (unpaired) electrons. The van der Waals surface area contributed by atoms with E-state index in [0.717, 1.165) is 39.3 Å². The van der Waals surface area contributed by atoms with Crippen LogP contribution in [0.25, 0.3) is 0 Å². The molecule has 15 heavy (non-hydrogen) atoms. The standard InChI is InChI=1S/C10H20N2O3/c11-8-9(7-10(13)14)1-2-12-3-5-15-6-4-12/h9H,1-8,11H2,(H,13,14). The van der Waals surface area contributed by atoms with Crippen molar-refractivity contribution in [3.8, 4) is 0 Å². The molecule has 1 atom stereocenters. The molecular formula is C10H20N2O3. The average Bonchev–Trinajstić information content (AvgIpc) is 2.25. The zero-order valence-electron chi connectivity index (χ0n) is 9.02. The normalized spacial score (nSPS) is 20.1. The molecule has 1 aliphatic heterocycles. The highest BCUT2D eigenvalue weighted by Crippen LogP contribution is 2.09. The van der Waals surface area contributed by atoms with Gasteiger partial charge in [0.15, 0.2) is 0 Å². The third-order valence-corrected chi connectivity index (χ3v) is 2.75. The quantitative estimate of drug-likeness (QED) is 0.641. The number of ether oxygens (including phenoxy) is 1. The molecule has 0 aromatic carbocycles. The maximum absolute atomic E-state index is 10.5. The number of carboxylic acids is 1. The second-order valence-corrected chi connectivity index (χ2v) is 3.94. The van der Waals surface area contributed by atoms with Crippen LogP contribution >= 0.6 is 0 Å². The molecule has 3 N–H and O–H groups in total. The van der Waals surface area contributed by atoms with Gasteiger partial charge in [-0.25, -0.2) is 0 Å². The summed E-state index contributed by atoms with van der Waals surface area (Å²) in [6.45, 7) is 4.85. The first-order valence-electron chi connectivity index (χ1n) is 5.44. The van der Waals surface area contributed by atoms with Crippen molar-refractivity contribution in [3.05, 3.63) is 0 Å². The summed E-state index contributed by atoms with van der Waals surface area (Å²) in [5, 5.41) is 8.66. The number of rotatable bonds is 6. The summed E-state index contributed by atoms with van der Waals surface area (Å²) in [5.74, 6) is -0.655. The summed E-state index contributed by atoms with van der Waals surface area (Å²) in [7, 11) is 0. The molecule has 0 aromatic rings. The Hall–Kier alpha value is -0.650. The van der Waals surface area contributed by atoms with E-state index < -0.39 is 5.97 Å². The Bertz CT molecular complexity index is 193. The lowest BCUT2D eigenvalue weighted by Crippen LogP contribution is -2.38. The summed E-state index contributed by atoms with van der Waals surface area (Å²) in [6, 6.07) is 0. The predicted octanol–water partition coefficient (Wildman–Crippen LogP) is -0.242. The molecule has 1 rings (SSSR count). The summed E-state index contributed by atoms with van der Waals surface area (Å²) < 4.78 is 5.24. The van der Waals surface area contributed by atoms with E-state index in [4.69, 9.17) is 15.6 Å². The number of aliphatic carboxylic acids is 1. The van der Waals surface area contributed by atoms with Crippen molar-refractivity contribution in [1.82, 2.24) is 4.90 Å². The van der Waals surface area contributed by atoms with Crippen molar-refractivity contribution in [3.63, 3.8) is 0 Å². The minimum atomic E-state index is -0.757. The van der Waals surface area contributed by atoms with Crippen molar-refractivity contribution >= 4 is 5.97 Å². The van der Waals surface area contributed by atoms with Crippen LogP contribution in [0.4, 0.5) is 0 Å². The lowest BCUT2D eigenvalue weighted by atomic mass is 10.0. The third kappa shape index (κ3) is 5.11. The molecule has 1 aliphatic rings. The third-order valence-electron chi connectivity index (χ3n) is 2.75. The van der Waals surface area contributed by atoms with Gasteiger partial charge in [-0.1, -0.05) is 0 Å². The minimum Gasteiger partial charge on any atom is -0.481 e. The SMILES string of the molecule is NCC(CCN1CCOCC1)CC(=O)O. The highest BCUT2D eigenvalue weighted by atomic mass is 16.5. The maximum Gasteiger partial charge on any atom is 0.303 e. The predicted molar refractivity (Wildman–Crippen MR) is 56.7 cm³/mol. The van der Waals surface area contributed by atoms with Crippen LogP contribution in [0, 0.1) is 5.92 Å². The molecule has 1 heterocycles. The van der Waals surface area contributed by atoms with Gasteiger partial charge in [0.1, 0.15) is 0 Å². The van der Waals surface area contributed by atoms with Crippen LogP contribution in [-0.4, -0.2) is 55.4 Å². The zero-order chi connectivity index (χ0) is 11.1. The van der Waals surface area contributed by atoms with Crippen molar-refractivity contribution in [2.45, 2.75) is 12.8 Å². The van der Waals surface area contributed by atoms with Crippen molar-refractivity contribution in [2.24, 2.45) is 11.7 Å². The summed E-state index contributed by atoms with van der Waals surface area (Å²) >= 11 is 0. The Kier molecular flexibility index (Phi) is 5.60. The number of carbonyl (C=O) groups is 1. The molecule has 5 heteroatoms. The molecule has 1 unspecified atom stereocenters. The van der Waals surface area contributed by atoms with Gasteiger partial charge in [-0.15, -0.1) is 0 Å². The van der Waals surface area contributed by atoms with Gasteiger partial charge in [0.25, 0.3) is 0 Å². The number of hydrogen-bond donors (Lipinski definition) is 2. The van der Waals surface area contributed by atoms with E-state index in [1.165, 1.54) is 0 Å². The molecule has 0 amide bonds. The van der Waals surface area contributed by atoms with Crippen LogP contribution in [0.1, 0.15) is 12.8 Å².